The summed E-state index contributed by atoms with van der Waals surface area (Å²) < 4.78 is 0. The second-order valence-corrected chi connectivity index (χ2v) is 7.83. The molecule has 6 heteroatoms. The van der Waals surface area contributed by atoms with E-state index in [-0.39, 0.29) is 11.9 Å². The van der Waals surface area contributed by atoms with Crippen LogP contribution in [-0.2, 0) is 17.8 Å². The highest BCUT2D eigenvalue weighted by molar-refractivity contribution is 7.16. The van der Waals surface area contributed by atoms with Gasteiger partial charge in [-0.2, -0.15) is 0 Å². The Kier molecular flexibility index (Phi) is 3.32. The Morgan fingerprint density at radius 2 is 2.38 bits per heavy atom. The van der Waals surface area contributed by atoms with Crippen LogP contribution in [0.4, 0.5) is 0 Å². The monoisotopic (exact) mass is 319 g/mol. The molecule has 1 saturated heterocycles. The molecule has 4 rings (SSSR count). The highest BCUT2D eigenvalue weighted by atomic mass is 32.1. The molecule has 0 aliphatic carbocycles. The van der Waals surface area contributed by atoms with Crippen molar-refractivity contribution in [2.45, 2.75) is 32.4 Å². The summed E-state index contributed by atoms with van der Waals surface area (Å²) in [5.41, 5.74) is 2.48. The van der Waals surface area contributed by atoms with Gasteiger partial charge in [0, 0.05) is 29.9 Å². The van der Waals surface area contributed by atoms with Crippen molar-refractivity contribution in [3.05, 3.63) is 26.9 Å². The van der Waals surface area contributed by atoms with E-state index in [0.717, 1.165) is 43.2 Å². The molecule has 2 aliphatic rings. The van der Waals surface area contributed by atoms with Crippen molar-refractivity contribution >= 4 is 28.6 Å². The number of aromatic nitrogens is 1. The number of amides is 1. The number of nitrogens with zero attached hydrogens (tertiary/aromatic N) is 2. The Balaban J connectivity index is 1.58. The van der Waals surface area contributed by atoms with Gasteiger partial charge in [0.2, 0.25) is 5.91 Å². The minimum atomic E-state index is 0.0722. The maximum Gasteiger partial charge on any atom is 0.237 e. The molecular formula is C15H17N3OS2. The summed E-state index contributed by atoms with van der Waals surface area (Å²) >= 11 is 3.56. The number of thiazole rings is 1. The second-order valence-electron chi connectivity index (χ2n) is 5.63. The molecule has 1 atom stereocenters. The van der Waals surface area contributed by atoms with Crippen LogP contribution < -0.4 is 5.32 Å². The van der Waals surface area contributed by atoms with E-state index in [1.165, 1.54) is 15.3 Å². The standard InChI is InChI=1S/C15H17N3OS2/c1-9-17-11(8-20-9)14-6-10-7-18(5-3-13(10)21-14)12-2-4-16-15(12)19/h6,8,12H,2-5,7H2,1H3,(H,16,19). The molecule has 21 heavy (non-hydrogen) atoms. The Labute approximate surface area is 131 Å². The zero-order valence-electron chi connectivity index (χ0n) is 11.9. The fourth-order valence-corrected chi connectivity index (χ4v) is 4.96. The lowest BCUT2D eigenvalue weighted by Gasteiger charge is -2.30. The van der Waals surface area contributed by atoms with E-state index >= 15 is 0 Å². The van der Waals surface area contributed by atoms with Crippen molar-refractivity contribution in [1.82, 2.24) is 15.2 Å². The number of carbonyl (C=O) groups excluding carboxylic acids is 1. The lowest BCUT2D eigenvalue weighted by Crippen LogP contribution is -2.43. The number of hydrogen-bond acceptors (Lipinski definition) is 5. The van der Waals surface area contributed by atoms with Crippen molar-refractivity contribution in [3.63, 3.8) is 0 Å². The minimum Gasteiger partial charge on any atom is -0.355 e. The molecule has 2 aromatic heterocycles. The van der Waals surface area contributed by atoms with Gasteiger partial charge >= 0.3 is 0 Å². The summed E-state index contributed by atoms with van der Waals surface area (Å²) in [6.45, 7) is 4.75. The lowest BCUT2D eigenvalue weighted by molar-refractivity contribution is -0.124. The van der Waals surface area contributed by atoms with Gasteiger partial charge in [0.15, 0.2) is 0 Å². The number of rotatable bonds is 2. The van der Waals surface area contributed by atoms with E-state index in [0.29, 0.717) is 0 Å². The molecular weight excluding hydrogens is 302 g/mol. The summed E-state index contributed by atoms with van der Waals surface area (Å²) in [7, 11) is 0. The zero-order chi connectivity index (χ0) is 14.4. The van der Waals surface area contributed by atoms with Crippen LogP contribution in [0.15, 0.2) is 11.4 Å². The molecule has 4 nitrogen and oxygen atoms in total. The SMILES string of the molecule is Cc1nc(-c2cc3c(s2)CCN(C2CCNC2=O)C3)cs1. The van der Waals surface area contributed by atoms with Gasteiger partial charge in [0.25, 0.3) is 0 Å². The second kappa shape index (κ2) is 5.19. The van der Waals surface area contributed by atoms with E-state index < -0.39 is 0 Å². The molecule has 1 fully saturated rings. The van der Waals surface area contributed by atoms with Crippen LogP contribution in [0.5, 0.6) is 0 Å². The van der Waals surface area contributed by atoms with Crippen LogP contribution in [-0.4, -0.2) is 34.9 Å². The van der Waals surface area contributed by atoms with Crippen molar-refractivity contribution in [3.8, 4) is 10.6 Å². The van der Waals surface area contributed by atoms with Gasteiger partial charge < -0.3 is 5.32 Å². The summed E-state index contributed by atoms with van der Waals surface area (Å²) in [6.07, 6.45) is 1.99. The molecule has 1 N–H and O–H groups in total. The maximum atomic E-state index is 11.9. The van der Waals surface area contributed by atoms with Crippen molar-refractivity contribution in [2.75, 3.05) is 13.1 Å². The average molecular weight is 319 g/mol. The minimum absolute atomic E-state index is 0.0722. The van der Waals surface area contributed by atoms with E-state index in [1.54, 1.807) is 11.3 Å². The quantitative estimate of drug-likeness (QED) is 0.925. The van der Waals surface area contributed by atoms with Gasteiger partial charge in [-0.25, -0.2) is 4.98 Å². The molecule has 0 aromatic carbocycles. The van der Waals surface area contributed by atoms with Gasteiger partial charge in [0.05, 0.1) is 21.6 Å². The van der Waals surface area contributed by atoms with Crippen LogP contribution in [0.3, 0.4) is 0 Å². The Morgan fingerprint density at radius 1 is 1.48 bits per heavy atom. The Morgan fingerprint density at radius 3 is 3.10 bits per heavy atom. The predicted octanol–water partition coefficient (Wildman–Crippen LogP) is 2.43. The van der Waals surface area contributed by atoms with Crippen LogP contribution >= 0.6 is 22.7 Å². The number of carbonyl (C=O) groups is 1. The third-order valence-corrected chi connectivity index (χ3v) is 6.26. The summed E-state index contributed by atoms with van der Waals surface area (Å²) in [5.74, 6) is 0.198. The first-order chi connectivity index (χ1) is 10.2. The molecule has 110 valence electrons. The van der Waals surface area contributed by atoms with Crippen LogP contribution in [0.2, 0.25) is 0 Å². The molecule has 0 radical (unpaired) electrons. The first kappa shape index (κ1) is 13.4. The maximum absolute atomic E-state index is 11.9. The normalized spacial score (nSPS) is 22.3. The van der Waals surface area contributed by atoms with Gasteiger partial charge in [-0.15, -0.1) is 22.7 Å². The Bertz CT molecular complexity index is 691. The average Bonchev–Trinajstić information content (AvgIpc) is 3.16. The molecule has 1 unspecified atom stereocenters. The van der Waals surface area contributed by atoms with Crippen molar-refractivity contribution in [2.24, 2.45) is 0 Å². The number of nitrogens with one attached hydrogen (secondary N) is 1. The largest absolute Gasteiger partial charge is 0.355 e. The van der Waals surface area contributed by atoms with E-state index in [1.807, 2.05) is 18.3 Å². The number of hydrogen-bond donors (Lipinski definition) is 1. The number of fused-ring (bicyclic) bond motifs is 1. The number of aryl methyl sites for hydroxylation is 1. The van der Waals surface area contributed by atoms with Gasteiger partial charge in [-0.3, -0.25) is 9.69 Å². The molecule has 1 amide bonds. The summed E-state index contributed by atoms with van der Waals surface area (Å²) in [4.78, 5) is 21.5. The summed E-state index contributed by atoms with van der Waals surface area (Å²) in [6, 6.07) is 2.34. The van der Waals surface area contributed by atoms with Gasteiger partial charge in [0.1, 0.15) is 0 Å². The van der Waals surface area contributed by atoms with Gasteiger partial charge in [-0.05, 0) is 31.4 Å². The zero-order valence-corrected chi connectivity index (χ0v) is 13.5. The van der Waals surface area contributed by atoms with Crippen molar-refractivity contribution < 1.29 is 4.79 Å². The summed E-state index contributed by atoms with van der Waals surface area (Å²) in [5, 5.41) is 6.18. The van der Waals surface area contributed by atoms with Crippen molar-refractivity contribution in [1.29, 1.82) is 0 Å². The van der Waals surface area contributed by atoms with Crippen LogP contribution in [0.25, 0.3) is 10.6 Å². The van der Waals surface area contributed by atoms with E-state index in [4.69, 9.17) is 0 Å². The molecule has 0 spiro atoms. The molecule has 0 bridgehead atoms. The first-order valence-corrected chi connectivity index (χ1v) is 8.96. The highest BCUT2D eigenvalue weighted by Gasteiger charge is 2.32. The lowest BCUT2D eigenvalue weighted by atomic mass is 10.1. The third kappa shape index (κ3) is 2.41. The molecule has 0 saturated carbocycles. The van der Waals surface area contributed by atoms with Crippen LogP contribution in [0.1, 0.15) is 21.9 Å². The smallest absolute Gasteiger partial charge is 0.237 e. The Hall–Kier alpha value is -1.24. The predicted molar refractivity (Wildman–Crippen MR) is 85.7 cm³/mol. The fourth-order valence-electron chi connectivity index (χ4n) is 3.15. The van der Waals surface area contributed by atoms with Gasteiger partial charge in [-0.1, -0.05) is 0 Å². The van der Waals surface area contributed by atoms with E-state index in [9.17, 15) is 4.79 Å². The third-order valence-electron chi connectivity index (χ3n) is 4.23. The number of thiophene rings is 1. The van der Waals surface area contributed by atoms with E-state index in [2.05, 4.69) is 26.6 Å². The van der Waals surface area contributed by atoms with Crippen LogP contribution in [0, 0.1) is 6.92 Å². The topological polar surface area (TPSA) is 45.2 Å². The molecule has 2 aliphatic heterocycles. The molecule has 2 aromatic rings. The highest BCUT2D eigenvalue weighted by Crippen LogP contribution is 2.35. The fraction of sp³-hybridized carbons (Fsp3) is 0.467. The molecule has 4 heterocycles. The first-order valence-electron chi connectivity index (χ1n) is 7.26.